The molecule has 4 aromatic rings. The zero-order valence-corrected chi connectivity index (χ0v) is 22.4. The Morgan fingerprint density at radius 3 is 2.10 bits per heavy atom. The predicted octanol–water partition coefficient (Wildman–Crippen LogP) is 1.48. The average molecular weight is 556 g/mol. The van der Waals surface area contributed by atoms with Crippen molar-refractivity contribution in [1.29, 1.82) is 0 Å². The van der Waals surface area contributed by atoms with Crippen LogP contribution in [0, 0.1) is 0 Å². The largest absolute Gasteiger partial charge is 0.381 e. The van der Waals surface area contributed by atoms with Crippen LogP contribution in [0.15, 0.2) is 91.1 Å². The van der Waals surface area contributed by atoms with Gasteiger partial charge in [-0.15, -0.1) is 0 Å². The van der Waals surface area contributed by atoms with E-state index in [0.29, 0.717) is 0 Å². The minimum absolute atomic E-state index is 0.0920. The van der Waals surface area contributed by atoms with E-state index in [4.69, 9.17) is 5.73 Å². The summed E-state index contributed by atoms with van der Waals surface area (Å²) in [5, 5.41) is 20.0. The molecule has 4 amide bonds. The number of fused-ring (bicyclic) bond motifs is 1. The zero-order chi connectivity index (χ0) is 29.2. The average Bonchev–Trinajstić information content (AvgIpc) is 3.38. The second kappa shape index (κ2) is 13.9. The van der Waals surface area contributed by atoms with Gasteiger partial charge in [0.2, 0.25) is 17.7 Å². The second-order valence-electron chi connectivity index (χ2n) is 9.78. The monoisotopic (exact) mass is 555 g/mol. The molecule has 0 bridgehead atoms. The lowest BCUT2D eigenvalue weighted by molar-refractivity contribution is -0.135. The molecule has 0 saturated heterocycles. The molecule has 41 heavy (non-hydrogen) atoms. The van der Waals surface area contributed by atoms with Crippen LogP contribution >= 0.6 is 0 Å². The standard InChI is InChI=1S/C31H33N5O5/c32-27(37)17-28(38)35-26(16-22-19-33-24-14-8-7-13-23(22)24)30(40)36-25(15-20-9-3-1-4-10-20)29(39)31(41)34-18-21-11-5-2-6-12-21/h1-14,19,25-26,29,33,39H,15-18H2,(H2,32,37)(H,34,41)(H,35,38)(H,36,40)/t25-,26-,29-/m0/s1. The lowest BCUT2D eigenvalue weighted by Gasteiger charge is -2.27. The van der Waals surface area contributed by atoms with E-state index in [-0.39, 0.29) is 19.4 Å². The van der Waals surface area contributed by atoms with Crippen LogP contribution in [0.3, 0.4) is 0 Å². The molecule has 1 aromatic heterocycles. The van der Waals surface area contributed by atoms with E-state index in [1.807, 2.05) is 84.9 Å². The first kappa shape index (κ1) is 29.0. The van der Waals surface area contributed by atoms with Gasteiger partial charge in [-0.05, 0) is 29.2 Å². The van der Waals surface area contributed by atoms with Gasteiger partial charge >= 0.3 is 0 Å². The number of hydrogen-bond donors (Lipinski definition) is 6. The van der Waals surface area contributed by atoms with Crippen molar-refractivity contribution in [1.82, 2.24) is 20.9 Å². The molecule has 0 unspecified atom stereocenters. The van der Waals surface area contributed by atoms with Crippen molar-refractivity contribution in [2.75, 3.05) is 0 Å². The Kier molecular flexibility index (Phi) is 9.85. The van der Waals surface area contributed by atoms with E-state index in [2.05, 4.69) is 20.9 Å². The first-order valence-electron chi connectivity index (χ1n) is 13.3. The smallest absolute Gasteiger partial charge is 0.251 e. The third-order valence-electron chi connectivity index (χ3n) is 6.67. The number of aromatic amines is 1. The Balaban J connectivity index is 1.54. The van der Waals surface area contributed by atoms with Crippen molar-refractivity contribution >= 4 is 34.5 Å². The summed E-state index contributed by atoms with van der Waals surface area (Å²) in [6.45, 7) is 0.203. The molecule has 3 aromatic carbocycles. The van der Waals surface area contributed by atoms with E-state index in [9.17, 15) is 24.3 Å². The maximum atomic E-state index is 13.6. The van der Waals surface area contributed by atoms with Crippen molar-refractivity contribution in [3.63, 3.8) is 0 Å². The van der Waals surface area contributed by atoms with Gasteiger partial charge in [0, 0.05) is 30.1 Å². The topological polar surface area (TPSA) is 166 Å². The highest BCUT2D eigenvalue weighted by molar-refractivity contribution is 5.98. The van der Waals surface area contributed by atoms with Crippen LogP contribution in [-0.2, 0) is 38.6 Å². The van der Waals surface area contributed by atoms with Gasteiger partial charge < -0.3 is 31.8 Å². The number of para-hydroxylation sites is 1. The van der Waals surface area contributed by atoms with Gasteiger partial charge in [0.1, 0.15) is 12.5 Å². The molecule has 0 aliphatic rings. The van der Waals surface area contributed by atoms with Gasteiger partial charge in [-0.3, -0.25) is 19.2 Å². The summed E-state index contributed by atoms with van der Waals surface area (Å²) >= 11 is 0. The van der Waals surface area contributed by atoms with Gasteiger partial charge in [0.25, 0.3) is 5.91 Å². The first-order valence-corrected chi connectivity index (χ1v) is 13.3. The van der Waals surface area contributed by atoms with Crippen LogP contribution in [-0.4, -0.2) is 51.9 Å². The van der Waals surface area contributed by atoms with Crippen molar-refractivity contribution in [2.24, 2.45) is 5.73 Å². The molecular weight excluding hydrogens is 522 g/mol. The van der Waals surface area contributed by atoms with Crippen molar-refractivity contribution in [3.05, 3.63) is 108 Å². The van der Waals surface area contributed by atoms with E-state index in [0.717, 1.165) is 27.6 Å². The number of carbonyl (C=O) groups excluding carboxylic acids is 4. The Morgan fingerprint density at radius 2 is 1.41 bits per heavy atom. The summed E-state index contributed by atoms with van der Waals surface area (Å²) < 4.78 is 0. The van der Waals surface area contributed by atoms with Crippen molar-refractivity contribution in [2.45, 2.75) is 44.0 Å². The van der Waals surface area contributed by atoms with Crippen LogP contribution in [0.5, 0.6) is 0 Å². The molecule has 10 heteroatoms. The van der Waals surface area contributed by atoms with Gasteiger partial charge in [-0.2, -0.15) is 0 Å². The quantitative estimate of drug-likeness (QED) is 0.137. The van der Waals surface area contributed by atoms with Crippen LogP contribution in [0.4, 0.5) is 0 Å². The molecule has 7 N–H and O–H groups in total. The molecule has 0 aliphatic heterocycles. The number of hydrogen-bond acceptors (Lipinski definition) is 5. The van der Waals surface area contributed by atoms with Crippen LogP contribution in [0.1, 0.15) is 23.1 Å². The van der Waals surface area contributed by atoms with Gasteiger partial charge in [0.05, 0.1) is 6.04 Å². The van der Waals surface area contributed by atoms with Gasteiger partial charge in [-0.1, -0.05) is 78.9 Å². The molecule has 3 atom stereocenters. The van der Waals surface area contributed by atoms with E-state index in [1.54, 1.807) is 6.20 Å². The normalized spacial score (nSPS) is 13.1. The minimum Gasteiger partial charge on any atom is -0.381 e. The molecule has 0 radical (unpaired) electrons. The summed E-state index contributed by atoms with van der Waals surface area (Å²) in [5.74, 6) is -2.82. The summed E-state index contributed by atoms with van der Waals surface area (Å²) in [7, 11) is 0. The summed E-state index contributed by atoms with van der Waals surface area (Å²) in [6, 6.07) is 23.8. The number of benzene rings is 3. The molecule has 0 fully saturated rings. The summed E-state index contributed by atoms with van der Waals surface area (Å²) in [4.78, 5) is 53.6. The van der Waals surface area contributed by atoms with E-state index in [1.165, 1.54) is 0 Å². The fraction of sp³-hybridized carbons (Fsp3) is 0.226. The predicted molar refractivity (Wildman–Crippen MR) is 154 cm³/mol. The molecule has 0 aliphatic carbocycles. The maximum Gasteiger partial charge on any atom is 0.251 e. The van der Waals surface area contributed by atoms with Crippen LogP contribution in [0.2, 0.25) is 0 Å². The van der Waals surface area contributed by atoms with E-state index < -0.39 is 48.2 Å². The number of nitrogens with one attached hydrogen (secondary N) is 4. The third-order valence-corrected chi connectivity index (χ3v) is 6.67. The maximum absolute atomic E-state index is 13.6. The highest BCUT2D eigenvalue weighted by Gasteiger charge is 2.31. The number of aliphatic hydroxyl groups is 1. The number of nitrogens with two attached hydrogens (primary N) is 1. The first-order chi connectivity index (χ1) is 19.8. The fourth-order valence-corrected chi connectivity index (χ4v) is 4.60. The number of aromatic nitrogens is 1. The number of amides is 4. The Labute approximate surface area is 237 Å². The Bertz CT molecular complexity index is 1490. The number of rotatable bonds is 13. The summed E-state index contributed by atoms with van der Waals surface area (Å²) in [5.41, 5.74) is 8.45. The second-order valence-corrected chi connectivity index (χ2v) is 9.78. The van der Waals surface area contributed by atoms with Gasteiger partial charge in [0.15, 0.2) is 6.10 Å². The molecule has 1 heterocycles. The molecule has 4 rings (SSSR count). The lowest BCUT2D eigenvalue weighted by Crippen LogP contribution is -2.56. The lowest BCUT2D eigenvalue weighted by atomic mass is 9.98. The highest BCUT2D eigenvalue weighted by Crippen LogP contribution is 2.19. The van der Waals surface area contributed by atoms with E-state index >= 15 is 0 Å². The molecule has 0 saturated carbocycles. The zero-order valence-electron chi connectivity index (χ0n) is 22.4. The SMILES string of the molecule is NC(=O)CC(=O)N[C@@H](Cc1c[nH]c2ccccc12)C(=O)N[C@@H](Cc1ccccc1)[C@H](O)C(=O)NCc1ccccc1. The van der Waals surface area contributed by atoms with Crippen molar-refractivity contribution in [3.8, 4) is 0 Å². The molecule has 10 nitrogen and oxygen atoms in total. The van der Waals surface area contributed by atoms with Crippen LogP contribution < -0.4 is 21.7 Å². The molecule has 212 valence electrons. The minimum atomic E-state index is -1.59. The molecular formula is C31H33N5O5. The van der Waals surface area contributed by atoms with Crippen LogP contribution in [0.25, 0.3) is 10.9 Å². The Hall–Kier alpha value is -4.96. The fourth-order valence-electron chi connectivity index (χ4n) is 4.60. The highest BCUT2D eigenvalue weighted by atomic mass is 16.3. The van der Waals surface area contributed by atoms with Gasteiger partial charge in [-0.25, -0.2) is 0 Å². The third kappa shape index (κ3) is 8.26. The Morgan fingerprint density at radius 1 is 0.780 bits per heavy atom. The molecule has 0 spiro atoms. The number of aliphatic hydroxyl groups excluding tert-OH is 1. The number of carbonyl (C=O) groups is 4. The number of H-pyrrole nitrogens is 1. The van der Waals surface area contributed by atoms with Crippen molar-refractivity contribution < 1.29 is 24.3 Å². The number of primary amides is 1. The summed E-state index contributed by atoms with van der Waals surface area (Å²) in [6.07, 6.45) is -0.178.